The molecule has 0 aliphatic rings. The summed E-state index contributed by atoms with van der Waals surface area (Å²) >= 11 is 0. The number of amides is 4. The van der Waals surface area contributed by atoms with Gasteiger partial charge in [-0.1, -0.05) is 56.3 Å². The number of hydrogen-bond donors (Lipinski definition) is 6. The van der Waals surface area contributed by atoms with Crippen LogP contribution in [-0.2, 0) is 41.6 Å². The second-order valence-corrected chi connectivity index (χ2v) is 12.3. The van der Waals surface area contributed by atoms with E-state index in [9.17, 15) is 33.9 Å². The molecule has 14 heteroatoms. The molecule has 7 N–H and O–H groups in total. The van der Waals surface area contributed by atoms with Crippen LogP contribution in [0.2, 0.25) is 0 Å². The Morgan fingerprint density at radius 3 is 1.94 bits per heavy atom. The smallest absolute Gasteiger partial charge is 0.408 e. The van der Waals surface area contributed by atoms with Crippen LogP contribution < -0.4 is 31.7 Å². The summed E-state index contributed by atoms with van der Waals surface area (Å²) in [5.41, 5.74) is 6.35. The van der Waals surface area contributed by atoms with Crippen LogP contribution >= 0.6 is 0 Å². The number of carboxylic acids is 1. The molecule has 47 heavy (non-hydrogen) atoms. The van der Waals surface area contributed by atoms with Crippen LogP contribution in [0.25, 0.3) is 0 Å². The summed E-state index contributed by atoms with van der Waals surface area (Å²) in [6.45, 7) is 7.82. The van der Waals surface area contributed by atoms with E-state index >= 15 is 0 Å². The molecule has 0 unspecified atom stereocenters. The summed E-state index contributed by atoms with van der Waals surface area (Å²) in [6.07, 6.45) is -0.339. The van der Waals surface area contributed by atoms with E-state index in [-0.39, 0.29) is 24.5 Å². The second kappa shape index (κ2) is 18.2. The van der Waals surface area contributed by atoms with Crippen LogP contribution in [0.1, 0.15) is 52.2 Å². The largest absolute Gasteiger partial charge is 0.480 e. The zero-order valence-electron chi connectivity index (χ0n) is 27.3. The van der Waals surface area contributed by atoms with Gasteiger partial charge in [0.2, 0.25) is 17.7 Å². The predicted octanol–water partition coefficient (Wildman–Crippen LogP) is 1.45. The Balaban J connectivity index is 1.97. The fourth-order valence-corrected chi connectivity index (χ4v) is 4.21. The molecule has 2 aromatic carbocycles. The highest BCUT2D eigenvalue weighted by atomic mass is 16.6. The normalized spacial score (nSPS) is 13.0. The molecule has 0 bridgehead atoms. The molecule has 0 aliphatic heterocycles. The Hall–Kier alpha value is -4.98. The van der Waals surface area contributed by atoms with E-state index < -0.39 is 72.6 Å². The maximum Gasteiger partial charge on any atom is 0.408 e. The zero-order valence-corrected chi connectivity index (χ0v) is 27.3. The highest BCUT2D eigenvalue weighted by Gasteiger charge is 2.26. The Morgan fingerprint density at radius 1 is 0.787 bits per heavy atom. The van der Waals surface area contributed by atoms with Gasteiger partial charge in [-0.05, 0) is 56.4 Å². The molecule has 0 saturated carbocycles. The fraction of sp³-hybridized carbons (Fsp3) is 0.455. The van der Waals surface area contributed by atoms with Gasteiger partial charge in [0.25, 0.3) is 0 Å². The van der Waals surface area contributed by atoms with E-state index in [1.165, 1.54) is 12.1 Å². The zero-order chi connectivity index (χ0) is 35.1. The Labute approximate surface area is 274 Å². The van der Waals surface area contributed by atoms with Gasteiger partial charge < -0.3 is 41.6 Å². The minimum Gasteiger partial charge on any atom is -0.480 e. The van der Waals surface area contributed by atoms with E-state index in [0.29, 0.717) is 17.5 Å². The third kappa shape index (κ3) is 15.2. The number of rotatable bonds is 16. The van der Waals surface area contributed by atoms with Crippen LogP contribution in [0.5, 0.6) is 5.75 Å². The minimum absolute atomic E-state index is 0.00577. The number of carbonyl (C=O) groups is 6. The van der Waals surface area contributed by atoms with E-state index in [2.05, 4.69) is 21.3 Å². The third-order valence-corrected chi connectivity index (χ3v) is 6.40. The van der Waals surface area contributed by atoms with Gasteiger partial charge in [0.1, 0.15) is 29.5 Å². The van der Waals surface area contributed by atoms with Crippen molar-refractivity contribution in [3.8, 4) is 5.75 Å². The van der Waals surface area contributed by atoms with Crippen molar-refractivity contribution in [2.45, 2.75) is 77.6 Å². The van der Waals surface area contributed by atoms with Crippen LogP contribution in [0, 0.1) is 5.92 Å². The van der Waals surface area contributed by atoms with Crippen LogP contribution in [-0.4, -0.2) is 77.7 Å². The molecule has 0 aromatic heterocycles. The first-order chi connectivity index (χ1) is 22.0. The average Bonchev–Trinajstić information content (AvgIpc) is 2.98. The molecule has 3 atom stereocenters. The molecular formula is C33H45N5O9. The van der Waals surface area contributed by atoms with Gasteiger partial charge in [0.15, 0.2) is 0 Å². The van der Waals surface area contributed by atoms with Crippen molar-refractivity contribution < 1.29 is 43.3 Å². The van der Waals surface area contributed by atoms with Gasteiger partial charge in [-0.15, -0.1) is 0 Å². The molecule has 0 fully saturated rings. The SMILES string of the molecule is CC(C)C[C@H](N)C(=O)Oc1ccc(C[C@H](NC(=O)OC(C)(C)C)C(=O)NCC(=O)NCC(=O)N[C@@H](Cc2ccccc2)C(=O)O)cc1. The maximum absolute atomic E-state index is 13.1. The standard InChI is InChI=1S/C33H45N5O9/c1-20(2)15-24(34)31(44)46-23-13-11-22(12-14-23)16-25(38-32(45)47-33(3,4)5)29(41)36-18-27(39)35-19-28(40)37-26(30(42)43)17-21-9-7-6-8-10-21/h6-14,20,24-26H,15-19,34H2,1-5H3,(H,35,39)(H,36,41)(H,37,40)(H,38,45)(H,42,43)/t24-,25-,26-/m0/s1. The van der Waals surface area contributed by atoms with E-state index in [4.69, 9.17) is 15.2 Å². The number of esters is 1. The highest BCUT2D eigenvalue weighted by Crippen LogP contribution is 2.16. The van der Waals surface area contributed by atoms with Gasteiger partial charge in [-0.3, -0.25) is 14.4 Å². The first-order valence-electron chi connectivity index (χ1n) is 15.2. The van der Waals surface area contributed by atoms with Crippen molar-refractivity contribution in [1.82, 2.24) is 21.3 Å². The first-order valence-corrected chi connectivity index (χ1v) is 15.2. The number of ether oxygens (including phenoxy) is 2. The average molecular weight is 656 g/mol. The van der Waals surface area contributed by atoms with Gasteiger partial charge >= 0.3 is 18.0 Å². The Kier molecular flexibility index (Phi) is 14.8. The molecule has 0 aliphatic carbocycles. The molecule has 0 heterocycles. The molecule has 256 valence electrons. The Bertz CT molecular complexity index is 1380. The van der Waals surface area contributed by atoms with Crippen molar-refractivity contribution in [1.29, 1.82) is 0 Å². The summed E-state index contributed by atoms with van der Waals surface area (Å²) in [5.74, 6) is -3.48. The molecule has 2 aromatic rings. The number of carbonyl (C=O) groups excluding carboxylic acids is 5. The summed E-state index contributed by atoms with van der Waals surface area (Å²) in [5, 5.41) is 19.1. The lowest BCUT2D eigenvalue weighted by molar-refractivity contribution is -0.141. The fourth-order valence-electron chi connectivity index (χ4n) is 4.21. The van der Waals surface area contributed by atoms with Crippen molar-refractivity contribution in [3.05, 3.63) is 65.7 Å². The van der Waals surface area contributed by atoms with Crippen molar-refractivity contribution >= 4 is 35.8 Å². The molecule has 0 radical (unpaired) electrons. The molecule has 0 spiro atoms. The van der Waals surface area contributed by atoms with E-state index in [0.717, 1.165) is 0 Å². The lowest BCUT2D eigenvalue weighted by Crippen LogP contribution is -2.52. The Morgan fingerprint density at radius 2 is 1.36 bits per heavy atom. The summed E-state index contributed by atoms with van der Waals surface area (Å²) in [7, 11) is 0. The van der Waals surface area contributed by atoms with Crippen LogP contribution in [0.15, 0.2) is 54.6 Å². The van der Waals surface area contributed by atoms with Crippen LogP contribution in [0.3, 0.4) is 0 Å². The molecule has 14 nitrogen and oxygen atoms in total. The van der Waals surface area contributed by atoms with Crippen molar-refractivity contribution in [2.75, 3.05) is 13.1 Å². The second-order valence-electron chi connectivity index (χ2n) is 12.3. The summed E-state index contributed by atoms with van der Waals surface area (Å²) in [6, 6.07) is 11.9. The predicted molar refractivity (Wildman–Crippen MR) is 172 cm³/mol. The molecule has 4 amide bonds. The number of nitrogens with two attached hydrogens (primary N) is 1. The maximum atomic E-state index is 13.1. The van der Waals surface area contributed by atoms with Gasteiger partial charge in [0.05, 0.1) is 13.1 Å². The highest BCUT2D eigenvalue weighted by molar-refractivity contribution is 5.92. The summed E-state index contributed by atoms with van der Waals surface area (Å²) in [4.78, 5) is 74.1. The number of hydrogen-bond acceptors (Lipinski definition) is 9. The molecular weight excluding hydrogens is 610 g/mol. The lowest BCUT2D eigenvalue weighted by Gasteiger charge is -2.23. The van der Waals surface area contributed by atoms with E-state index in [1.54, 1.807) is 63.2 Å². The van der Waals surface area contributed by atoms with Gasteiger partial charge in [-0.25, -0.2) is 14.4 Å². The summed E-state index contributed by atoms with van der Waals surface area (Å²) < 4.78 is 10.6. The number of benzene rings is 2. The minimum atomic E-state index is -1.23. The molecule has 2 rings (SSSR count). The number of alkyl carbamates (subject to hydrolysis) is 1. The quantitative estimate of drug-likeness (QED) is 0.113. The van der Waals surface area contributed by atoms with Gasteiger partial charge in [-0.2, -0.15) is 0 Å². The number of aliphatic carboxylic acids is 1. The number of nitrogens with one attached hydrogen (secondary N) is 4. The van der Waals surface area contributed by atoms with E-state index in [1.807, 2.05) is 13.8 Å². The van der Waals surface area contributed by atoms with Crippen LogP contribution in [0.4, 0.5) is 4.79 Å². The lowest BCUT2D eigenvalue weighted by atomic mass is 10.0. The molecule has 0 saturated heterocycles. The van der Waals surface area contributed by atoms with Crippen molar-refractivity contribution in [3.63, 3.8) is 0 Å². The monoisotopic (exact) mass is 655 g/mol. The topological polar surface area (TPSA) is 215 Å². The third-order valence-electron chi connectivity index (χ3n) is 6.40. The first kappa shape index (κ1) is 38.2. The van der Waals surface area contributed by atoms with Crippen molar-refractivity contribution in [2.24, 2.45) is 11.7 Å². The number of carboxylic acid groups (broad SMARTS) is 1. The van der Waals surface area contributed by atoms with Gasteiger partial charge in [0, 0.05) is 12.8 Å².